The van der Waals surface area contributed by atoms with E-state index in [0.29, 0.717) is 17.2 Å². The number of carbonyl (C=O) groups is 1. The molecule has 1 N–H and O–H groups in total. The van der Waals surface area contributed by atoms with Crippen LogP contribution >= 0.6 is 0 Å². The molecule has 6 nitrogen and oxygen atoms in total. The Balaban J connectivity index is 1.79. The van der Waals surface area contributed by atoms with Crippen LogP contribution in [-0.4, -0.2) is 29.9 Å². The molecule has 0 spiro atoms. The number of nitrogens with zero attached hydrogens (tertiary/aromatic N) is 2. The number of amides is 1. The van der Waals surface area contributed by atoms with Crippen LogP contribution in [-0.2, 0) is 4.79 Å². The molecule has 1 amide bonds. The molecule has 0 unspecified atom stereocenters. The fourth-order valence-electron chi connectivity index (χ4n) is 2.91. The van der Waals surface area contributed by atoms with Gasteiger partial charge in [-0.3, -0.25) is 4.79 Å². The number of aryl methyl sites for hydroxylation is 1. The number of ether oxygens (including phenoxy) is 2. The van der Waals surface area contributed by atoms with Crippen LogP contribution in [0.3, 0.4) is 0 Å². The van der Waals surface area contributed by atoms with Crippen molar-refractivity contribution in [3.63, 3.8) is 0 Å². The Hall–Kier alpha value is -3.54. The molecule has 0 aliphatic heterocycles. The van der Waals surface area contributed by atoms with Crippen LogP contribution in [0.25, 0.3) is 11.8 Å². The second-order valence-electron chi connectivity index (χ2n) is 6.26. The van der Waals surface area contributed by atoms with Gasteiger partial charge >= 0.3 is 0 Å². The quantitative estimate of drug-likeness (QED) is 0.655. The monoisotopic (exact) mass is 377 g/mol. The number of rotatable bonds is 6. The maximum atomic E-state index is 12.4. The van der Waals surface area contributed by atoms with Gasteiger partial charge in [-0.2, -0.15) is 5.10 Å². The van der Waals surface area contributed by atoms with Crippen molar-refractivity contribution in [3.05, 3.63) is 71.6 Å². The first-order valence-electron chi connectivity index (χ1n) is 8.85. The van der Waals surface area contributed by atoms with Crippen molar-refractivity contribution >= 4 is 17.7 Å². The lowest BCUT2D eigenvalue weighted by atomic mass is 10.2. The highest BCUT2D eigenvalue weighted by Crippen LogP contribution is 2.24. The van der Waals surface area contributed by atoms with Gasteiger partial charge in [-0.1, -0.05) is 18.2 Å². The van der Waals surface area contributed by atoms with Crippen molar-refractivity contribution in [2.24, 2.45) is 0 Å². The third kappa shape index (κ3) is 4.23. The van der Waals surface area contributed by atoms with E-state index in [2.05, 4.69) is 10.4 Å². The molecule has 0 radical (unpaired) electrons. The van der Waals surface area contributed by atoms with Gasteiger partial charge in [0.2, 0.25) is 5.91 Å². The summed E-state index contributed by atoms with van der Waals surface area (Å²) in [6.07, 6.45) is 3.19. The van der Waals surface area contributed by atoms with Gasteiger partial charge in [-0.15, -0.1) is 0 Å². The molecule has 0 fully saturated rings. The van der Waals surface area contributed by atoms with Gasteiger partial charge in [0, 0.05) is 12.1 Å². The van der Waals surface area contributed by atoms with E-state index in [0.717, 1.165) is 22.6 Å². The van der Waals surface area contributed by atoms with E-state index in [9.17, 15) is 4.79 Å². The minimum atomic E-state index is -0.236. The molecule has 2 aromatic carbocycles. The van der Waals surface area contributed by atoms with Crippen molar-refractivity contribution in [3.8, 4) is 17.2 Å². The Morgan fingerprint density at radius 1 is 1.04 bits per heavy atom. The zero-order valence-electron chi connectivity index (χ0n) is 16.4. The molecule has 6 heteroatoms. The van der Waals surface area contributed by atoms with Gasteiger partial charge in [0.05, 0.1) is 37.0 Å². The molecule has 1 aromatic heterocycles. The number of aromatic nitrogens is 2. The van der Waals surface area contributed by atoms with Gasteiger partial charge in [0.25, 0.3) is 0 Å². The Labute approximate surface area is 164 Å². The van der Waals surface area contributed by atoms with Gasteiger partial charge < -0.3 is 14.8 Å². The molecule has 0 aliphatic carbocycles. The van der Waals surface area contributed by atoms with Crippen molar-refractivity contribution in [2.45, 2.75) is 13.8 Å². The molecule has 0 atom stereocenters. The smallest absolute Gasteiger partial charge is 0.248 e. The summed E-state index contributed by atoms with van der Waals surface area (Å²) < 4.78 is 12.3. The molecule has 28 heavy (non-hydrogen) atoms. The van der Waals surface area contributed by atoms with Crippen LogP contribution in [0.5, 0.6) is 11.5 Å². The predicted molar refractivity (Wildman–Crippen MR) is 110 cm³/mol. The molecular formula is C22H23N3O3. The van der Waals surface area contributed by atoms with E-state index in [1.54, 1.807) is 26.4 Å². The van der Waals surface area contributed by atoms with Crippen molar-refractivity contribution in [1.29, 1.82) is 0 Å². The average Bonchev–Trinajstić information content (AvgIpc) is 3.00. The normalized spacial score (nSPS) is 10.9. The Morgan fingerprint density at radius 2 is 1.68 bits per heavy atom. The van der Waals surface area contributed by atoms with Gasteiger partial charge in [-0.25, -0.2) is 4.68 Å². The van der Waals surface area contributed by atoms with E-state index < -0.39 is 0 Å². The van der Waals surface area contributed by atoms with E-state index in [-0.39, 0.29) is 5.91 Å². The van der Waals surface area contributed by atoms with Crippen LogP contribution in [0.2, 0.25) is 0 Å². The average molecular weight is 377 g/mol. The summed E-state index contributed by atoms with van der Waals surface area (Å²) in [5.41, 5.74) is 4.09. The van der Waals surface area contributed by atoms with Gasteiger partial charge in [0.15, 0.2) is 0 Å². The Kier molecular flexibility index (Phi) is 5.79. The summed E-state index contributed by atoms with van der Waals surface area (Å²) in [5.74, 6) is 1.09. The Bertz CT molecular complexity index is 985. The minimum absolute atomic E-state index is 0.236. The number of methoxy groups -OCH3 is 2. The minimum Gasteiger partial charge on any atom is -0.497 e. The SMILES string of the molecule is COc1cc(/C=C/C(=O)Nc2c(C)nn(-c3ccccc3)c2C)cc(OC)c1. The molecule has 0 aliphatic rings. The molecule has 144 valence electrons. The number of benzene rings is 2. The Morgan fingerprint density at radius 3 is 2.29 bits per heavy atom. The van der Waals surface area contributed by atoms with Gasteiger partial charge in [0.1, 0.15) is 11.5 Å². The standard InChI is InChI=1S/C22H23N3O3/c1-15-22(16(2)25(24-15)18-8-6-5-7-9-18)23-21(26)11-10-17-12-19(27-3)14-20(13-17)28-4/h5-14H,1-4H3,(H,23,26)/b11-10+. The van der Waals surface area contributed by atoms with E-state index in [4.69, 9.17) is 9.47 Å². The topological polar surface area (TPSA) is 65.4 Å². The first-order valence-corrected chi connectivity index (χ1v) is 8.85. The fraction of sp³-hybridized carbons (Fsp3) is 0.182. The summed E-state index contributed by atoms with van der Waals surface area (Å²) in [7, 11) is 3.18. The third-order valence-electron chi connectivity index (χ3n) is 4.34. The highest BCUT2D eigenvalue weighted by atomic mass is 16.5. The zero-order valence-corrected chi connectivity index (χ0v) is 16.4. The maximum absolute atomic E-state index is 12.4. The molecule has 0 bridgehead atoms. The number of hydrogen-bond donors (Lipinski definition) is 1. The molecule has 1 heterocycles. The van der Waals surface area contributed by atoms with Crippen LogP contribution in [0.4, 0.5) is 5.69 Å². The zero-order chi connectivity index (χ0) is 20.1. The predicted octanol–water partition coefficient (Wildman–Crippen LogP) is 4.16. The van der Waals surface area contributed by atoms with E-state index >= 15 is 0 Å². The van der Waals surface area contributed by atoms with Crippen LogP contribution in [0.1, 0.15) is 17.0 Å². The van der Waals surface area contributed by atoms with E-state index in [1.807, 2.05) is 61.0 Å². The summed E-state index contributed by atoms with van der Waals surface area (Å²) in [6, 6.07) is 15.2. The number of nitrogens with one attached hydrogen (secondary N) is 1. The van der Waals surface area contributed by atoms with Crippen LogP contribution in [0, 0.1) is 13.8 Å². The van der Waals surface area contributed by atoms with Crippen molar-refractivity contribution < 1.29 is 14.3 Å². The molecule has 0 saturated heterocycles. The van der Waals surface area contributed by atoms with E-state index in [1.165, 1.54) is 6.08 Å². The highest BCUT2D eigenvalue weighted by Gasteiger charge is 2.14. The first-order chi connectivity index (χ1) is 13.5. The summed E-state index contributed by atoms with van der Waals surface area (Å²) in [4.78, 5) is 12.4. The molecule has 3 rings (SSSR count). The molecule has 3 aromatic rings. The maximum Gasteiger partial charge on any atom is 0.248 e. The number of carbonyl (C=O) groups excluding carboxylic acids is 1. The molecular weight excluding hydrogens is 354 g/mol. The van der Waals surface area contributed by atoms with Crippen LogP contribution in [0.15, 0.2) is 54.6 Å². The van der Waals surface area contributed by atoms with Crippen molar-refractivity contribution in [1.82, 2.24) is 9.78 Å². The van der Waals surface area contributed by atoms with Gasteiger partial charge in [-0.05, 0) is 49.8 Å². The lowest BCUT2D eigenvalue weighted by Gasteiger charge is -2.06. The summed E-state index contributed by atoms with van der Waals surface area (Å²) in [5, 5.41) is 7.47. The number of para-hydroxylation sites is 1. The first kappa shape index (κ1) is 19.2. The number of hydrogen-bond acceptors (Lipinski definition) is 4. The second-order valence-corrected chi connectivity index (χ2v) is 6.26. The molecule has 0 saturated carbocycles. The lowest BCUT2D eigenvalue weighted by molar-refractivity contribution is -0.111. The number of anilines is 1. The van der Waals surface area contributed by atoms with Crippen LogP contribution < -0.4 is 14.8 Å². The second kappa shape index (κ2) is 8.43. The van der Waals surface area contributed by atoms with Crippen molar-refractivity contribution in [2.75, 3.05) is 19.5 Å². The third-order valence-corrected chi connectivity index (χ3v) is 4.34. The fourth-order valence-corrected chi connectivity index (χ4v) is 2.91. The summed E-state index contributed by atoms with van der Waals surface area (Å²) >= 11 is 0. The highest BCUT2D eigenvalue weighted by molar-refractivity contribution is 6.02. The summed E-state index contributed by atoms with van der Waals surface area (Å²) in [6.45, 7) is 3.80. The largest absolute Gasteiger partial charge is 0.497 e. The lowest BCUT2D eigenvalue weighted by Crippen LogP contribution is -2.09.